The summed E-state index contributed by atoms with van der Waals surface area (Å²) >= 11 is 0.651. The van der Waals surface area contributed by atoms with E-state index < -0.39 is 41.8 Å². The number of thioether (sulfide) groups is 1. The zero-order valence-electron chi connectivity index (χ0n) is 15.8. The molecule has 31 heavy (non-hydrogen) atoms. The number of aromatic nitrogens is 3. The second kappa shape index (κ2) is 9.34. The van der Waals surface area contributed by atoms with Gasteiger partial charge in [0.1, 0.15) is 6.54 Å². The zero-order valence-corrected chi connectivity index (χ0v) is 16.6. The standard InChI is InChI=1S/C17H17F6N5O2S/c18-16(19,20)10-28-14(27-5-7-30-8-6-27)25-26-15(28)31-9-13(29)24-12-4-2-1-3-11(12)17(21,22)23/h1-4H,5-10H2,(H,24,29). The van der Waals surface area contributed by atoms with Crippen LogP contribution in [0.2, 0.25) is 0 Å². The highest BCUT2D eigenvalue weighted by molar-refractivity contribution is 7.99. The fraction of sp³-hybridized carbons (Fsp3) is 0.471. The van der Waals surface area contributed by atoms with Crippen LogP contribution in [0.3, 0.4) is 0 Å². The van der Waals surface area contributed by atoms with Crippen molar-refractivity contribution in [3.8, 4) is 0 Å². The molecule has 0 unspecified atom stereocenters. The van der Waals surface area contributed by atoms with Crippen molar-refractivity contribution in [3.63, 3.8) is 0 Å². The lowest BCUT2D eigenvalue weighted by Gasteiger charge is -2.28. The van der Waals surface area contributed by atoms with Gasteiger partial charge in [0.15, 0.2) is 5.16 Å². The quantitative estimate of drug-likeness (QED) is 0.517. The van der Waals surface area contributed by atoms with Crippen molar-refractivity contribution in [1.29, 1.82) is 0 Å². The van der Waals surface area contributed by atoms with Crippen molar-refractivity contribution < 1.29 is 35.9 Å². The molecule has 1 aliphatic heterocycles. The number of hydrogen-bond acceptors (Lipinski definition) is 6. The molecule has 1 aliphatic rings. The van der Waals surface area contributed by atoms with Gasteiger partial charge >= 0.3 is 12.4 Å². The molecule has 170 valence electrons. The maximum atomic E-state index is 13.1. The molecule has 1 saturated heterocycles. The van der Waals surface area contributed by atoms with Gasteiger partial charge in [0.25, 0.3) is 0 Å². The van der Waals surface area contributed by atoms with Gasteiger partial charge in [-0.15, -0.1) is 10.2 Å². The molecule has 1 aromatic heterocycles. The van der Waals surface area contributed by atoms with E-state index in [4.69, 9.17) is 4.74 Å². The summed E-state index contributed by atoms with van der Waals surface area (Å²) in [5, 5.41) is 9.53. The third-order valence-electron chi connectivity index (χ3n) is 4.17. The number of anilines is 2. The van der Waals surface area contributed by atoms with Crippen LogP contribution < -0.4 is 10.2 Å². The van der Waals surface area contributed by atoms with Crippen LogP contribution in [0.25, 0.3) is 0 Å². The minimum Gasteiger partial charge on any atom is -0.378 e. The summed E-state index contributed by atoms with van der Waals surface area (Å²) in [5.74, 6) is -1.28. The molecule has 0 radical (unpaired) electrons. The van der Waals surface area contributed by atoms with Crippen LogP contribution in [0.1, 0.15) is 5.56 Å². The number of carbonyl (C=O) groups excluding carboxylic acids is 1. The van der Waals surface area contributed by atoms with Crippen LogP contribution in [0.5, 0.6) is 0 Å². The number of nitrogens with zero attached hydrogens (tertiary/aromatic N) is 4. The van der Waals surface area contributed by atoms with Gasteiger partial charge in [-0.25, -0.2) is 0 Å². The summed E-state index contributed by atoms with van der Waals surface area (Å²) in [7, 11) is 0. The van der Waals surface area contributed by atoms with Crippen LogP contribution >= 0.6 is 11.8 Å². The highest BCUT2D eigenvalue weighted by Crippen LogP contribution is 2.35. The van der Waals surface area contributed by atoms with E-state index in [0.29, 0.717) is 38.1 Å². The molecule has 0 spiro atoms. The predicted molar refractivity (Wildman–Crippen MR) is 99.9 cm³/mol. The Balaban J connectivity index is 1.73. The summed E-state index contributed by atoms with van der Waals surface area (Å²) in [6.45, 7) is -0.0664. The van der Waals surface area contributed by atoms with Crippen molar-refractivity contribution in [1.82, 2.24) is 14.8 Å². The Morgan fingerprint density at radius 2 is 1.77 bits per heavy atom. The number of nitrogens with one attached hydrogen (secondary N) is 1. The normalized spacial score (nSPS) is 15.2. The number of benzene rings is 1. The fourth-order valence-corrected chi connectivity index (χ4v) is 3.59. The number of amides is 1. The molecule has 14 heteroatoms. The molecule has 3 rings (SSSR count). The summed E-state index contributed by atoms with van der Waals surface area (Å²) in [6, 6.07) is 4.41. The van der Waals surface area contributed by atoms with Crippen LogP contribution in [-0.2, 0) is 22.3 Å². The molecule has 0 atom stereocenters. The molecule has 0 bridgehead atoms. The van der Waals surface area contributed by atoms with Gasteiger partial charge in [-0.2, -0.15) is 26.3 Å². The topological polar surface area (TPSA) is 72.3 Å². The first-order chi connectivity index (χ1) is 14.5. The van der Waals surface area contributed by atoms with Crippen molar-refractivity contribution in [3.05, 3.63) is 29.8 Å². The molecule has 1 N–H and O–H groups in total. The Morgan fingerprint density at radius 3 is 2.42 bits per heavy atom. The molecule has 2 aromatic rings. The first kappa shape index (κ1) is 23.2. The second-order valence-electron chi connectivity index (χ2n) is 6.46. The Morgan fingerprint density at radius 1 is 1.10 bits per heavy atom. The van der Waals surface area contributed by atoms with Gasteiger partial charge in [0, 0.05) is 13.1 Å². The highest BCUT2D eigenvalue weighted by atomic mass is 32.2. The summed E-state index contributed by atoms with van der Waals surface area (Å²) < 4.78 is 84.4. The van der Waals surface area contributed by atoms with E-state index in [1.165, 1.54) is 12.1 Å². The smallest absolute Gasteiger partial charge is 0.378 e. The number of hydrogen-bond donors (Lipinski definition) is 1. The third kappa shape index (κ3) is 6.26. The van der Waals surface area contributed by atoms with E-state index in [1.54, 1.807) is 4.90 Å². The predicted octanol–water partition coefficient (Wildman–Crippen LogP) is 3.43. The van der Waals surface area contributed by atoms with E-state index in [2.05, 4.69) is 15.5 Å². The summed E-state index contributed by atoms with van der Waals surface area (Å²) in [6.07, 6.45) is -9.23. The molecule has 7 nitrogen and oxygen atoms in total. The third-order valence-corrected chi connectivity index (χ3v) is 5.13. The van der Waals surface area contributed by atoms with Crippen LogP contribution in [0, 0.1) is 0 Å². The van der Waals surface area contributed by atoms with Crippen molar-refractivity contribution in [2.45, 2.75) is 24.1 Å². The average molecular weight is 469 g/mol. The lowest BCUT2D eigenvalue weighted by atomic mass is 10.1. The van der Waals surface area contributed by atoms with Gasteiger partial charge in [-0.05, 0) is 12.1 Å². The van der Waals surface area contributed by atoms with E-state index in [0.717, 1.165) is 16.7 Å². The Hall–Kier alpha value is -2.48. The largest absolute Gasteiger partial charge is 0.418 e. The number of alkyl halides is 6. The number of morpholine rings is 1. The fourth-order valence-electron chi connectivity index (χ4n) is 2.86. The van der Waals surface area contributed by atoms with Crippen LogP contribution in [-0.4, -0.2) is 58.9 Å². The maximum absolute atomic E-state index is 13.1. The Labute approximate surface area is 176 Å². The SMILES string of the molecule is O=C(CSc1nnc(N2CCOCC2)n1CC(F)(F)F)Nc1ccccc1C(F)(F)F. The van der Waals surface area contributed by atoms with Crippen LogP contribution in [0.4, 0.5) is 38.0 Å². The van der Waals surface area contributed by atoms with Gasteiger partial charge < -0.3 is 15.0 Å². The van der Waals surface area contributed by atoms with Gasteiger partial charge in [-0.3, -0.25) is 9.36 Å². The van der Waals surface area contributed by atoms with E-state index in [-0.39, 0.29) is 11.1 Å². The number of para-hydroxylation sites is 1. The average Bonchev–Trinajstić information content (AvgIpc) is 3.07. The lowest BCUT2D eigenvalue weighted by Crippen LogP contribution is -2.38. The number of ether oxygens (including phenoxy) is 1. The lowest BCUT2D eigenvalue weighted by molar-refractivity contribution is -0.141. The molecular formula is C17H17F6N5O2S. The van der Waals surface area contributed by atoms with Gasteiger partial charge in [-0.1, -0.05) is 23.9 Å². The van der Waals surface area contributed by atoms with Crippen LogP contribution in [0.15, 0.2) is 29.4 Å². The number of rotatable bonds is 6. The molecule has 1 amide bonds. The molecule has 0 saturated carbocycles. The van der Waals surface area contributed by atoms with Crippen molar-refractivity contribution in [2.24, 2.45) is 0 Å². The van der Waals surface area contributed by atoms with Gasteiger partial charge in [0.05, 0.1) is 30.2 Å². The molecular weight excluding hydrogens is 452 g/mol. The number of carbonyl (C=O) groups is 1. The van der Waals surface area contributed by atoms with Gasteiger partial charge in [0.2, 0.25) is 11.9 Å². The summed E-state index contributed by atoms with van der Waals surface area (Å²) in [4.78, 5) is 13.8. The first-order valence-electron chi connectivity index (χ1n) is 8.96. The highest BCUT2D eigenvalue weighted by Gasteiger charge is 2.34. The molecule has 0 aliphatic carbocycles. The molecule has 2 heterocycles. The number of halogens is 6. The monoisotopic (exact) mass is 469 g/mol. The minimum absolute atomic E-state index is 0.00838. The molecule has 1 fully saturated rings. The first-order valence-corrected chi connectivity index (χ1v) is 9.94. The van der Waals surface area contributed by atoms with E-state index in [9.17, 15) is 31.1 Å². The van der Waals surface area contributed by atoms with E-state index >= 15 is 0 Å². The maximum Gasteiger partial charge on any atom is 0.418 e. The van der Waals surface area contributed by atoms with Crippen molar-refractivity contribution >= 4 is 29.3 Å². The van der Waals surface area contributed by atoms with Crippen molar-refractivity contribution in [2.75, 3.05) is 42.3 Å². The Bertz CT molecular complexity index is 911. The summed E-state index contributed by atoms with van der Waals surface area (Å²) in [5.41, 5.74) is -1.46. The zero-order chi connectivity index (χ0) is 22.6. The minimum atomic E-state index is -4.67. The molecule has 1 aromatic carbocycles. The van der Waals surface area contributed by atoms with E-state index in [1.807, 2.05) is 0 Å². The Kier molecular flexibility index (Phi) is 6.99. The second-order valence-corrected chi connectivity index (χ2v) is 7.41.